The lowest BCUT2D eigenvalue weighted by molar-refractivity contribution is 0.511. The average molecular weight is 218 g/mol. The zero-order valence-corrected chi connectivity index (χ0v) is 9.62. The molecule has 0 fully saturated rings. The highest BCUT2D eigenvalue weighted by molar-refractivity contribution is 5.78. The van der Waals surface area contributed by atoms with Crippen molar-refractivity contribution < 1.29 is 4.42 Å². The predicted octanol–water partition coefficient (Wildman–Crippen LogP) is 2.18. The van der Waals surface area contributed by atoms with E-state index in [4.69, 9.17) is 10.2 Å². The van der Waals surface area contributed by atoms with Crippen molar-refractivity contribution in [3.63, 3.8) is 0 Å². The molecule has 0 unspecified atom stereocenters. The molecule has 1 aromatic carbocycles. The molecule has 3 N–H and O–H groups in total. The van der Waals surface area contributed by atoms with Gasteiger partial charge in [-0.05, 0) is 44.6 Å². The Kier molecular flexibility index (Phi) is 3.59. The highest BCUT2D eigenvalue weighted by Gasteiger charge is 2.02. The Hall–Kier alpha value is -1.32. The largest absolute Gasteiger partial charge is 0.460 e. The number of benzene rings is 1. The highest BCUT2D eigenvalue weighted by Crippen LogP contribution is 2.20. The number of aryl methyl sites for hydroxylation is 1. The zero-order valence-electron chi connectivity index (χ0n) is 9.62. The first-order valence-electron chi connectivity index (χ1n) is 5.69. The highest BCUT2D eigenvalue weighted by atomic mass is 16.3. The van der Waals surface area contributed by atoms with Crippen LogP contribution in [-0.2, 0) is 6.54 Å². The van der Waals surface area contributed by atoms with Crippen LogP contribution in [0.2, 0.25) is 0 Å². The van der Waals surface area contributed by atoms with Gasteiger partial charge >= 0.3 is 0 Å². The molecule has 2 rings (SSSR count). The standard InChI is InChI=1S/C13H18N2O/c1-10-3-4-13-11(7-10)8-12(16-13)9-15-6-2-5-14/h3-4,7-8,15H,2,5-6,9,14H2,1H3. The molecule has 0 radical (unpaired) electrons. The number of nitrogens with two attached hydrogens (primary N) is 1. The molecule has 0 aliphatic rings. The third-order valence-corrected chi connectivity index (χ3v) is 2.58. The van der Waals surface area contributed by atoms with Gasteiger partial charge in [-0.25, -0.2) is 0 Å². The van der Waals surface area contributed by atoms with Crippen LogP contribution in [0.25, 0.3) is 11.0 Å². The van der Waals surface area contributed by atoms with Crippen molar-refractivity contribution >= 4 is 11.0 Å². The minimum atomic E-state index is 0.728. The fraction of sp³-hybridized carbons (Fsp3) is 0.385. The van der Waals surface area contributed by atoms with E-state index in [2.05, 4.69) is 30.4 Å². The van der Waals surface area contributed by atoms with Crippen LogP contribution in [0.4, 0.5) is 0 Å². The van der Waals surface area contributed by atoms with E-state index in [-0.39, 0.29) is 0 Å². The van der Waals surface area contributed by atoms with Crippen molar-refractivity contribution in [3.8, 4) is 0 Å². The molecule has 0 spiro atoms. The van der Waals surface area contributed by atoms with Crippen molar-refractivity contribution in [2.24, 2.45) is 5.73 Å². The summed E-state index contributed by atoms with van der Waals surface area (Å²) in [6.45, 7) is 4.53. The second-order valence-corrected chi connectivity index (χ2v) is 4.07. The Morgan fingerprint density at radius 3 is 3.00 bits per heavy atom. The van der Waals surface area contributed by atoms with E-state index in [9.17, 15) is 0 Å². The molecule has 3 nitrogen and oxygen atoms in total. The number of furan rings is 1. The van der Waals surface area contributed by atoms with Gasteiger partial charge in [-0.1, -0.05) is 11.6 Å². The van der Waals surface area contributed by atoms with E-state index in [0.29, 0.717) is 0 Å². The molecule has 0 amide bonds. The van der Waals surface area contributed by atoms with Crippen LogP contribution >= 0.6 is 0 Å². The monoisotopic (exact) mass is 218 g/mol. The maximum atomic E-state index is 5.71. The summed E-state index contributed by atoms with van der Waals surface area (Å²) in [5, 5.41) is 4.48. The van der Waals surface area contributed by atoms with Gasteiger partial charge in [-0.3, -0.25) is 0 Å². The van der Waals surface area contributed by atoms with Gasteiger partial charge in [0.2, 0.25) is 0 Å². The van der Waals surface area contributed by atoms with Gasteiger partial charge in [0.25, 0.3) is 0 Å². The lowest BCUT2D eigenvalue weighted by Gasteiger charge is -1.99. The van der Waals surface area contributed by atoms with Gasteiger partial charge in [0.1, 0.15) is 11.3 Å². The van der Waals surface area contributed by atoms with Crippen molar-refractivity contribution in [3.05, 3.63) is 35.6 Å². The van der Waals surface area contributed by atoms with Crippen molar-refractivity contribution in [2.75, 3.05) is 13.1 Å². The third-order valence-electron chi connectivity index (χ3n) is 2.58. The van der Waals surface area contributed by atoms with Crippen molar-refractivity contribution in [1.82, 2.24) is 5.32 Å². The molecular weight excluding hydrogens is 200 g/mol. The normalized spacial score (nSPS) is 11.1. The predicted molar refractivity (Wildman–Crippen MR) is 66.3 cm³/mol. The number of hydrogen-bond acceptors (Lipinski definition) is 3. The summed E-state index contributed by atoms with van der Waals surface area (Å²) in [6, 6.07) is 8.32. The minimum absolute atomic E-state index is 0.728. The smallest absolute Gasteiger partial charge is 0.134 e. The molecule has 0 saturated carbocycles. The number of nitrogens with one attached hydrogen (secondary N) is 1. The minimum Gasteiger partial charge on any atom is -0.460 e. The Morgan fingerprint density at radius 2 is 2.19 bits per heavy atom. The van der Waals surface area contributed by atoms with Gasteiger partial charge in [0, 0.05) is 5.39 Å². The van der Waals surface area contributed by atoms with Crippen molar-refractivity contribution in [2.45, 2.75) is 19.9 Å². The Bertz CT molecular complexity index is 462. The van der Waals surface area contributed by atoms with Crippen LogP contribution in [0.5, 0.6) is 0 Å². The Labute approximate surface area is 95.6 Å². The zero-order chi connectivity index (χ0) is 11.4. The van der Waals surface area contributed by atoms with E-state index in [1.165, 1.54) is 10.9 Å². The molecule has 1 heterocycles. The molecule has 1 aromatic heterocycles. The second-order valence-electron chi connectivity index (χ2n) is 4.07. The van der Waals surface area contributed by atoms with E-state index in [1.54, 1.807) is 0 Å². The summed E-state index contributed by atoms with van der Waals surface area (Å²) in [4.78, 5) is 0. The summed E-state index contributed by atoms with van der Waals surface area (Å²) < 4.78 is 5.71. The summed E-state index contributed by atoms with van der Waals surface area (Å²) in [5.41, 5.74) is 7.64. The molecule has 3 heteroatoms. The van der Waals surface area contributed by atoms with Crippen LogP contribution in [0.15, 0.2) is 28.7 Å². The van der Waals surface area contributed by atoms with E-state index in [0.717, 1.165) is 37.4 Å². The maximum absolute atomic E-state index is 5.71. The third kappa shape index (κ3) is 2.62. The molecular formula is C13H18N2O. The summed E-state index contributed by atoms with van der Waals surface area (Å²) >= 11 is 0. The van der Waals surface area contributed by atoms with E-state index >= 15 is 0 Å². The lowest BCUT2D eigenvalue weighted by atomic mass is 10.2. The molecule has 0 saturated heterocycles. The fourth-order valence-corrected chi connectivity index (χ4v) is 1.74. The van der Waals surface area contributed by atoms with Gasteiger partial charge in [-0.2, -0.15) is 0 Å². The van der Waals surface area contributed by atoms with Gasteiger partial charge in [0.15, 0.2) is 0 Å². The summed E-state index contributed by atoms with van der Waals surface area (Å²) in [5.74, 6) is 0.984. The summed E-state index contributed by atoms with van der Waals surface area (Å²) in [6.07, 6.45) is 0.999. The van der Waals surface area contributed by atoms with Crippen molar-refractivity contribution in [1.29, 1.82) is 0 Å². The van der Waals surface area contributed by atoms with Gasteiger partial charge < -0.3 is 15.5 Å². The Morgan fingerprint density at radius 1 is 1.31 bits per heavy atom. The summed E-state index contributed by atoms with van der Waals surface area (Å²) in [7, 11) is 0. The van der Waals surface area contributed by atoms with Crippen LogP contribution in [-0.4, -0.2) is 13.1 Å². The SMILES string of the molecule is Cc1ccc2oc(CNCCCN)cc2c1. The first-order chi connectivity index (χ1) is 7.79. The van der Waals surface area contributed by atoms with Crippen LogP contribution in [0.1, 0.15) is 17.7 Å². The van der Waals surface area contributed by atoms with Crippen LogP contribution < -0.4 is 11.1 Å². The average Bonchev–Trinajstić information content (AvgIpc) is 2.66. The number of fused-ring (bicyclic) bond motifs is 1. The Balaban J connectivity index is 2.02. The lowest BCUT2D eigenvalue weighted by Crippen LogP contribution is -2.17. The molecule has 0 aliphatic carbocycles. The van der Waals surface area contributed by atoms with Crippen LogP contribution in [0.3, 0.4) is 0 Å². The fourth-order valence-electron chi connectivity index (χ4n) is 1.74. The quantitative estimate of drug-likeness (QED) is 0.756. The van der Waals surface area contributed by atoms with E-state index < -0.39 is 0 Å². The number of rotatable bonds is 5. The number of hydrogen-bond donors (Lipinski definition) is 2. The van der Waals surface area contributed by atoms with Gasteiger partial charge in [-0.15, -0.1) is 0 Å². The molecule has 0 aliphatic heterocycles. The van der Waals surface area contributed by atoms with Gasteiger partial charge in [0.05, 0.1) is 6.54 Å². The first-order valence-corrected chi connectivity index (χ1v) is 5.69. The first kappa shape index (κ1) is 11.2. The molecule has 0 bridgehead atoms. The maximum Gasteiger partial charge on any atom is 0.134 e. The van der Waals surface area contributed by atoms with E-state index in [1.807, 2.05) is 6.07 Å². The topological polar surface area (TPSA) is 51.2 Å². The molecule has 16 heavy (non-hydrogen) atoms. The van der Waals surface area contributed by atoms with Crippen LogP contribution in [0, 0.1) is 6.92 Å². The molecule has 86 valence electrons. The second kappa shape index (κ2) is 5.14. The molecule has 0 atom stereocenters. The molecule has 2 aromatic rings.